The Hall–Kier alpha value is -1.47. The Morgan fingerprint density at radius 1 is 1.11 bits per heavy atom. The summed E-state index contributed by atoms with van der Waals surface area (Å²) in [5.41, 5.74) is 0.798. The lowest BCUT2D eigenvalue weighted by Gasteiger charge is -2.39. The van der Waals surface area contributed by atoms with Crippen molar-refractivity contribution < 1.29 is 9.59 Å². The Kier molecular flexibility index (Phi) is 5.25. The van der Waals surface area contributed by atoms with E-state index in [9.17, 15) is 9.59 Å². The summed E-state index contributed by atoms with van der Waals surface area (Å²) in [7, 11) is 2.08. The molecule has 4 heterocycles. The largest absolute Gasteiger partial charge is 0.341 e. The van der Waals surface area contributed by atoms with Crippen LogP contribution in [0.2, 0.25) is 0 Å². The molecular weight excluding hydrogens is 408 g/mol. The fourth-order valence-electron chi connectivity index (χ4n) is 4.95. The van der Waals surface area contributed by atoms with Crippen molar-refractivity contribution in [1.82, 2.24) is 19.7 Å². The van der Waals surface area contributed by atoms with E-state index in [1.54, 1.807) is 12.4 Å². The van der Waals surface area contributed by atoms with Gasteiger partial charge in [0.25, 0.3) is 5.91 Å². The first-order chi connectivity index (χ1) is 13.0. The Bertz CT molecular complexity index is 726. The Labute approximate surface area is 169 Å². The molecule has 0 bridgehead atoms. The molecule has 4 rings (SSSR count). The number of carbonyl (C=O) groups excluding carboxylic acids is 2. The molecule has 1 spiro atoms. The van der Waals surface area contributed by atoms with Crippen molar-refractivity contribution in [3.63, 3.8) is 0 Å². The summed E-state index contributed by atoms with van der Waals surface area (Å²) >= 11 is 3.38. The number of nitrogens with zero attached hydrogens (tertiary/aromatic N) is 4. The standard InChI is InChI=1S/C20H27BrN4O2/c1-23-14-20(11-17(23)19(27)24-6-2-3-7-24)4-8-25(9-5-20)18(26)15-10-16(21)13-22-12-15/h10,12-13,17H,2-9,11,14H2,1H3. The molecule has 2 amide bonds. The van der Waals surface area contributed by atoms with Crippen molar-refractivity contribution in [2.45, 2.75) is 38.1 Å². The summed E-state index contributed by atoms with van der Waals surface area (Å²) in [5.74, 6) is 0.361. The summed E-state index contributed by atoms with van der Waals surface area (Å²) in [6.07, 6.45) is 8.45. The number of halogens is 1. The van der Waals surface area contributed by atoms with Crippen LogP contribution in [0.25, 0.3) is 0 Å². The van der Waals surface area contributed by atoms with E-state index in [-0.39, 0.29) is 17.4 Å². The molecule has 27 heavy (non-hydrogen) atoms. The fraction of sp³-hybridized carbons (Fsp3) is 0.650. The third kappa shape index (κ3) is 3.76. The predicted molar refractivity (Wildman–Crippen MR) is 106 cm³/mol. The van der Waals surface area contributed by atoms with E-state index in [2.05, 4.69) is 32.9 Å². The first-order valence-corrected chi connectivity index (χ1v) is 10.7. The van der Waals surface area contributed by atoms with E-state index in [4.69, 9.17) is 0 Å². The summed E-state index contributed by atoms with van der Waals surface area (Å²) < 4.78 is 0.822. The van der Waals surface area contributed by atoms with Gasteiger partial charge in [-0.05, 0) is 66.6 Å². The quantitative estimate of drug-likeness (QED) is 0.716. The van der Waals surface area contributed by atoms with Crippen LogP contribution in [0.15, 0.2) is 22.9 Å². The second-order valence-electron chi connectivity index (χ2n) is 8.35. The van der Waals surface area contributed by atoms with Gasteiger partial charge in [0, 0.05) is 49.6 Å². The maximum absolute atomic E-state index is 12.9. The number of aromatic nitrogens is 1. The van der Waals surface area contributed by atoms with Crippen molar-refractivity contribution in [2.75, 3.05) is 39.8 Å². The summed E-state index contributed by atoms with van der Waals surface area (Å²) in [5, 5.41) is 0. The highest BCUT2D eigenvalue weighted by atomic mass is 79.9. The van der Waals surface area contributed by atoms with Crippen molar-refractivity contribution in [3.8, 4) is 0 Å². The molecule has 3 saturated heterocycles. The summed E-state index contributed by atoms with van der Waals surface area (Å²) in [6, 6.07) is 1.84. The minimum Gasteiger partial charge on any atom is -0.341 e. The Balaban J connectivity index is 1.38. The van der Waals surface area contributed by atoms with E-state index in [0.717, 1.165) is 69.3 Å². The molecule has 1 aromatic heterocycles. The number of piperidine rings is 1. The third-order valence-corrected chi connectivity index (χ3v) is 6.94. The van der Waals surface area contributed by atoms with E-state index in [1.165, 1.54) is 0 Å². The highest BCUT2D eigenvalue weighted by Crippen LogP contribution is 2.43. The van der Waals surface area contributed by atoms with Crippen molar-refractivity contribution in [3.05, 3.63) is 28.5 Å². The lowest BCUT2D eigenvalue weighted by atomic mass is 9.76. The zero-order valence-corrected chi connectivity index (χ0v) is 17.4. The predicted octanol–water partition coefficient (Wildman–Crippen LogP) is 2.39. The van der Waals surface area contributed by atoms with Gasteiger partial charge in [-0.2, -0.15) is 0 Å². The van der Waals surface area contributed by atoms with Crippen molar-refractivity contribution in [1.29, 1.82) is 0 Å². The molecule has 3 aliphatic rings. The van der Waals surface area contributed by atoms with Gasteiger partial charge in [-0.3, -0.25) is 19.5 Å². The van der Waals surface area contributed by atoms with E-state index in [1.807, 2.05) is 15.9 Å². The van der Waals surface area contributed by atoms with Crippen LogP contribution in [0.5, 0.6) is 0 Å². The second kappa shape index (κ2) is 7.51. The molecule has 6 nitrogen and oxygen atoms in total. The third-order valence-electron chi connectivity index (χ3n) is 6.51. The minimum atomic E-state index is 0.0135. The lowest BCUT2D eigenvalue weighted by Crippen LogP contribution is -2.44. The van der Waals surface area contributed by atoms with Gasteiger partial charge in [0.1, 0.15) is 0 Å². The number of likely N-dealkylation sites (N-methyl/N-ethyl adjacent to an activating group) is 1. The number of rotatable bonds is 2. The van der Waals surface area contributed by atoms with Crippen LogP contribution in [0.1, 0.15) is 42.5 Å². The number of likely N-dealkylation sites (tertiary alicyclic amines) is 3. The normalized spacial score (nSPS) is 25.3. The highest BCUT2D eigenvalue weighted by Gasteiger charge is 2.48. The van der Waals surface area contributed by atoms with Gasteiger partial charge in [-0.15, -0.1) is 0 Å². The van der Waals surface area contributed by atoms with Crippen LogP contribution in [0.4, 0.5) is 0 Å². The Morgan fingerprint density at radius 3 is 2.48 bits per heavy atom. The smallest absolute Gasteiger partial charge is 0.255 e. The van der Waals surface area contributed by atoms with Gasteiger partial charge in [0.15, 0.2) is 0 Å². The second-order valence-corrected chi connectivity index (χ2v) is 9.27. The molecule has 3 fully saturated rings. The average Bonchev–Trinajstić information content (AvgIpc) is 3.30. The molecule has 0 N–H and O–H groups in total. The first-order valence-electron chi connectivity index (χ1n) is 9.86. The van der Waals surface area contributed by atoms with Crippen molar-refractivity contribution in [2.24, 2.45) is 5.41 Å². The molecule has 1 atom stereocenters. The zero-order chi connectivity index (χ0) is 19.0. The summed E-state index contributed by atoms with van der Waals surface area (Å²) in [4.78, 5) is 36.0. The molecule has 0 radical (unpaired) electrons. The molecule has 7 heteroatoms. The van der Waals surface area contributed by atoms with Crippen LogP contribution in [0, 0.1) is 5.41 Å². The minimum absolute atomic E-state index is 0.0135. The van der Waals surface area contributed by atoms with Crippen LogP contribution < -0.4 is 0 Å². The van der Waals surface area contributed by atoms with Gasteiger partial charge in [0.2, 0.25) is 5.91 Å². The number of carbonyl (C=O) groups is 2. The molecule has 0 saturated carbocycles. The highest BCUT2D eigenvalue weighted by molar-refractivity contribution is 9.10. The molecular formula is C20H27BrN4O2. The topological polar surface area (TPSA) is 56.8 Å². The Morgan fingerprint density at radius 2 is 1.81 bits per heavy atom. The summed E-state index contributed by atoms with van der Waals surface area (Å²) in [6.45, 7) is 4.30. The molecule has 146 valence electrons. The molecule has 0 aliphatic carbocycles. The maximum Gasteiger partial charge on any atom is 0.255 e. The van der Waals surface area contributed by atoms with Gasteiger partial charge in [-0.25, -0.2) is 0 Å². The van der Waals surface area contributed by atoms with Crippen LogP contribution in [-0.2, 0) is 4.79 Å². The van der Waals surface area contributed by atoms with Gasteiger partial charge in [0.05, 0.1) is 11.6 Å². The molecule has 1 unspecified atom stereocenters. The zero-order valence-electron chi connectivity index (χ0n) is 15.9. The van der Waals surface area contributed by atoms with E-state index < -0.39 is 0 Å². The lowest BCUT2D eigenvalue weighted by molar-refractivity contribution is -0.134. The fourth-order valence-corrected chi connectivity index (χ4v) is 5.32. The molecule has 0 aromatic carbocycles. The van der Waals surface area contributed by atoms with Gasteiger partial charge >= 0.3 is 0 Å². The average molecular weight is 435 g/mol. The van der Waals surface area contributed by atoms with E-state index in [0.29, 0.717) is 11.5 Å². The van der Waals surface area contributed by atoms with Gasteiger partial charge < -0.3 is 9.80 Å². The van der Waals surface area contributed by atoms with Crippen molar-refractivity contribution >= 4 is 27.7 Å². The van der Waals surface area contributed by atoms with Gasteiger partial charge in [-0.1, -0.05) is 0 Å². The maximum atomic E-state index is 12.9. The number of hydrogen-bond acceptors (Lipinski definition) is 4. The number of pyridine rings is 1. The molecule has 3 aliphatic heterocycles. The van der Waals surface area contributed by atoms with Crippen LogP contribution in [-0.4, -0.2) is 77.3 Å². The molecule has 1 aromatic rings. The monoisotopic (exact) mass is 434 g/mol. The van der Waals surface area contributed by atoms with E-state index >= 15 is 0 Å². The SMILES string of the molecule is CN1CC2(CCN(C(=O)c3cncc(Br)c3)CC2)CC1C(=O)N1CCCC1. The van der Waals surface area contributed by atoms with Crippen LogP contribution >= 0.6 is 15.9 Å². The van der Waals surface area contributed by atoms with Crippen LogP contribution in [0.3, 0.4) is 0 Å². The number of hydrogen-bond donors (Lipinski definition) is 0. The first kappa shape index (κ1) is 18.9. The number of amides is 2.